The summed E-state index contributed by atoms with van der Waals surface area (Å²) in [4.78, 5) is 11.6. The van der Waals surface area contributed by atoms with E-state index >= 15 is 0 Å². The molecule has 5 heteroatoms. The predicted octanol–water partition coefficient (Wildman–Crippen LogP) is 1.86. The van der Waals surface area contributed by atoms with E-state index in [9.17, 15) is 0 Å². The van der Waals surface area contributed by atoms with E-state index in [-0.39, 0.29) is 6.10 Å². The largest absolute Gasteiger partial charge is 0.373 e. The van der Waals surface area contributed by atoms with Crippen LogP contribution in [0.3, 0.4) is 0 Å². The summed E-state index contributed by atoms with van der Waals surface area (Å²) in [5.74, 6) is 1.69. The molecular formula is C14H24N4O. The number of aryl methyl sites for hydroxylation is 1. The highest BCUT2D eigenvalue weighted by Gasteiger charge is 2.24. The lowest BCUT2D eigenvalue weighted by Crippen LogP contribution is -2.38. The van der Waals surface area contributed by atoms with E-state index in [1.807, 2.05) is 13.1 Å². The summed E-state index contributed by atoms with van der Waals surface area (Å²) in [6.07, 6.45) is 2.07. The summed E-state index contributed by atoms with van der Waals surface area (Å²) >= 11 is 0. The molecule has 2 rings (SSSR count). The quantitative estimate of drug-likeness (QED) is 0.879. The molecule has 0 aliphatic carbocycles. The summed E-state index contributed by atoms with van der Waals surface area (Å²) in [5, 5.41) is 3.11. The van der Waals surface area contributed by atoms with Crippen LogP contribution in [0.25, 0.3) is 0 Å². The normalized spacial score (nSPS) is 20.5. The number of hydrogen-bond acceptors (Lipinski definition) is 5. The number of likely N-dealkylation sites (N-methyl/N-ethyl adjacent to an activating group) is 1. The number of ether oxygens (including phenoxy) is 1. The fourth-order valence-electron chi connectivity index (χ4n) is 2.32. The molecule has 106 valence electrons. The van der Waals surface area contributed by atoms with E-state index in [2.05, 4.69) is 34.0 Å². The van der Waals surface area contributed by atoms with Crippen LogP contribution in [0.5, 0.6) is 0 Å². The highest BCUT2D eigenvalue weighted by Crippen LogP contribution is 2.21. The van der Waals surface area contributed by atoms with Gasteiger partial charge in [-0.05, 0) is 13.0 Å². The Morgan fingerprint density at radius 3 is 2.95 bits per heavy atom. The molecule has 1 aromatic rings. The molecule has 1 aliphatic heterocycles. The van der Waals surface area contributed by atoms with Crippen molar-refractivity contribution in [1.29, 1.82) is 0 Å². The fourth-order valence-corrected chi connectivity index (χ4v) is 2.32. The van der Waals surface area contributed by atoms with Gasteiger partial charge in [-0.3, -0.25) is 4.90 Å². The lowest BCUT2D eigenvalue weighted by atomic mass is 10.2. The maximum Gasteiger partial charge on any atom is 0.161 e. The van der Waals surface area contributed by atoms with Crippen molar-refractivity contribution in [2.75, 3.05) is 38.6 Å². The summed E-state index contributed by atoms with van der Waals surface area (Å²) in [6, 6.07) is 2.02. The summed E-state index contributed by atoms with van der Waals surface area (Å²) < 4.78 is 5.83. The number of nitrogens with zero attached hydrogens (tertiary/aromatic N) is 3. The third kappa shape index (κ3) is 3.64. The zero-order valence-corrected chi connectivity index (χ0v) is 12.1. The first-order chi connectivity index (χ1) is 9.26. The van der Waals surface area contributed by atoms with Crippen LogP contribution < -0.4 is 5.32 Å². The molecule has 1 N–H and O–H groups in total. The van der Waals surface area contributed by atoms with Gasteiger partial charge in [0.05, 0.1) is 6.61 Å². The number of rotatable bonds is 5. The third-order valence-corrected chi connectivity index (χ3v) is 3.44. The average molecular weight is 264 g/mol. The van der Waals surface area contributed by atoms with Crippen LogP contribution in [-0.4, -0.2) is 48.2 Å². The molecule has 19 heavy (non-hydrogen) atoms. The van der Waals surface area contributed by atoms with Gasteiger partial charge >= 0.3 is 0 Å². The van der Waals surface area contributed by atoms with Gasteiger partial charge in [0.1, 0.15) is 11.9 Å². The minimum absolute atomic E-state index is 0.00222. The number of nitrogens with one attached hydrogen (secondary N) is 1. The molecule has 5 nitrogen and oxygen atoms in total. The van der Waals surface area contributed by atoms with Gasteiger partial charge in [-0.2, -0.15) is 0 Å². The molecule has 0 amide bonds. The Hall–Kier alpha value is -1.20. The Morgan fingerprint density at radius 1 is 1.42 bits per heavy atom. The maximum absolute atomic E-state index is 5.83. The minimum Gasteiger partial charge on any atom is -0.373 e. The SMILES string of the molecule is CCCc1cc(NC)nc(C2CN(CC)CCO2)n1. The molecule has 1 saturated heterocycles. The summed E-state index contributed by atoms with van der Waals surface area (Å²) in [5.41, 5.74) is 1.09. The van der Waals surface area contributed by atoms with E-state index in [0.29, 0.717) is 0 Å². The molecule has 0 spiro atoms. The standard InChI is InChI=1S/C14H24N4O/c1-4-6-11-9-13(15-3)17-14(16-11)12-10-18(5-2)7-8-19-12/h9,12H,4-8,10H2,1-3H3,(H,15,16,17). The van der Waals surface area contributed by atoms with Crippen molar-refractivity contribution >= 4 is 5.82 Å². The number of aromatic nitrogens is 2. The van der Waals surface area contributed by atoms with E-state index < -0.39 is 0 Å². The molecule has 1 atom stereocenters. The van der Waals surface area contributed by atoms with Crippen molar-refractivity contribution in [3.05, 3.63) is 17.6 Å². The van der Waals surface area contributed by atoms with Gasteiger partial charge in [0, 0.05) is 31.9 Å². The second-order valence-corrected chi connectivity index (χ2v) is 4.86. The zero-order chi connectivity index (χ0) is 13.7. The molecule has 0 saturated carbocycles. The van der Waals surface area contributed by atoms with Gasteiger partial charge in [-0.1, -0.05) is 20.3 Å². The van der Waals surface area contributed by atoms with Crippen molar-refractivity contribution < 1.29 is 4.74 Å². The van der Waals surface area contributed by atoms with Crippen molar-refractivity contribution in [2.24, 2.45) is 0 Å². The lowest BCUT2D eigenvalue weighted by molar-refractivity contribution is -0.0326. The molecule has 2 heterocycles. The topological polar surface area (TPSA) is 50.3 Å². The Bertz CT molecular complexity index is 410. The molecule has 1 fully saturated rings. The first-order valence-corrected chi connectivity index (χ1v) is 7.16. The van der Waals surface area contributed by atoms with Crippen LogP contribution >= 0.6 is 0 Å². The lowest BCUT2D eigenvalue weighted by Gasteiger charge is -2.31. The minimum atomic E-state index is -0.00222. The van der Waals surface area contributed by atoms with Crippen molar-refractivity contribution in [2.45, 2.75) is 32.8 Å². The Labute approximate surface area is 115 Å². The third-order valence-electron chi connectivity index (χ3n) is 3.44. The van der Waals surface area contributed by atoms with Crippen LogP contribution in [-0.2, 0) is 11.2 Å². The Kier molecular flexibility index (Phi) is 5.10. The molecule has 1 aromatic heterocycles. The van der Waals surface area contributed by atoms with Crippen molar-refractivity contribution in [1.82, 2.24) is 14.9 Å². The van der Waals surface area contributed by atoms with E-state index in [4.69, 9.17) is 4.74 Å². The summed E-state index contributed by atoms with van der Waals surface area (Å²) in [6.45, 7) is 8.03. The van der Waals surface area contributed by atoms with Crippen LogP contribution in [0.15, 0.2) is 6.07 Å². The second kappa shape index (κ2) is 6.82. The van der Waals surface area contributed by atoms with Crippen LogP contribution in [0.2, 0.25) is 0 Å². The first kappa shape index (κ1) is 14.2. The molecule has 0 bridgehead atoms. The highest BCUT2D eigenvalue weighted by atomic mass is 16.5. The van der Waals surface area contributed by atoms with E-state index in [1.54, 1.807) is 0 Å². The Balaban J connectivity index is 2.19. The Morgan fingerprint density at radius 2 is 2.26 bits per heavy atom. The number of hydrogen-bond donors (Lipinski definition) is 1. The van der Waals surface area contributed by atoms with Crippen LogP contribution in [0.4, 0.5) is 5.82 Å². The number of anilines is 1. The fraction of sp³-hybridized carbons (Fsp3) is 0.714. The predicted molar refractivity (Wildman–Crippen MR) is 76.4 cm³/mol. The van der Waals surface area contributed by atoms with Crippen molar-refractivity contribution in [3.8, 4) is 0 Å². The van der Waals surface area contributed by atoms with Crippen LogP contribution in [0.1, 0.15) is 37.9 Å². The second-order valence-electron chi connectivity index (χ2n) is 4.86. The molecule has 1 aliphatic rings. The average Bonchev–Trinajstić information content (AvgIpc) is 2.47. The van der Waals surface area contributed by atoms with Gasteiger partial charge in [0.2, 0.25) is 0 Å². The molecule has 0 aromatic carbocycles. The van der Waals surface area contributed by atoms with Gasteiger partial charge in [0.15, 0.2) is 5.82 Å². The first-order valence-electron chi connectivity index (χ1n) is 7.16. The van der Waals surface area contributed by atoms with Gasteiger partial charge in [-0.25, -0.2) is 9.97 Å². The van der Waals surface area contributed by atoms with Gasteiger partial charge < -0.3 is 10.1 Å². The van der Waals surface area contributed by atoms with E-state index in [1.165, 1.54) is 0 Å². The monoisotopic (exact) mass is 264 g/mol. The summed E-state index contributed by atoms with van der Waals surface area (Å²) in [7, 11) is 1.89. The smallest absolute Gasteiger partial charge is 0.161 e. The zero-order valence-electron chi connectivity index (χ0n) is 12.1. The maximum atomic E-state index is 5.83. The molecular weight excluding hydrogens is 240 g/mol. The molecule has 1 unspecified atom stereocenters. The van der Waals surface area contributed by atoms with Gasteiger partial charge in [-0.15, -0.1) is 0 Å². The number of morpholine rings is 1. The van der Waals surface area contributed by atoms with Crippen LogP contribution in [0, 0.1) is 0 Å². The van der Waals surface area contributed by atoms with Gasteiger partial charge in [0.25, 0.3) is 0 Å². The van der Waals surface area contributed by atoms with E-state index in [0.717, 1.165) is 56.4 Å². The highest BCUT2D eigenvalue weighted by molar-refractivity contribution is 5.35. The molecule has 0 radical (unpaired) electrons. The van der Waals surface area contributed by atoms with Crippen molar-refractivity contribution in [3.63, 3.8) is 0 Å².